The minimum atomic E-state index is -3.24. The summed E-state index contributed by atoms with van der Waals surface area (Å²) in [5, 5.41) is 7.31. The van der Waals surface area contributed by atoms with Gasteiger partial charge in [0.05, 0.1) is 5.75 Å². The van der Waals surface area contributed by atoms with Crippen molar-refractivity contribution in [2.24, 2.45) is 0 Å². The maximum atomic E-state index is 12.5. The number of hydrogen-bond acceptors (Lipinski definition) is 6. The quantitative estimate of drug-likeness (QED) is 0.475. The average Bonchev–Trinajstić information content (AvgIpc) is 3.03. The Kier molecular flexibility index (Phi) is 6.93. The van der Waals surface area contributed by atoms with Crippen molar-refractivity contribution >= 4 is 44.8 Å². The molecule has 0 aliphatic carbocycles. The molecule has 7 nitrogen and oxygen atoms in total. The van der Waals surface area contributed by atoms with Gasteiger partial charge in [0.1, 0.15) is 17.5 Å². The first-order valence-electron chi connectivity index (χ1n) is 9.20. The van der Waals surface area contributed by atoms with Gasteiger partial charge in [0.2, 0.25) is 0 Å². The predicted molar refractivity (Wildman–Crippen MR) is 120 cm³/mol. The van der Waals surface area contributed by atoms with Crippen LogP contribution in [0.4, 0.5) is 10.5 Å². The Morgan fingerprint density at radius 1 is 1.19 bits per heavy atom. The van der Waals surface area contributed by atoms with Gasteiger partial charge in [-0.2, -0.15) is 0 Å². The number of amides is 1. The van der Waals surface area contributed by atoms with Gasteiger partial charge in [-0.1, -0.05) is 58.7 Å². The first kappa shape index (κ1) is 23.1. The third-order valence-corrected chi connectivity index (χ3v) is 5.98. The van der Waals surface area contributed by atoms with E-state index in [1.165, 1.54) is 0 Å². The number of rotatable bonds is 6. The van der Waals surface area contributed by atoms with Crippen LogP contribution in [-0.4, -0.2) is 25.9 Å². The van der Waals surface area contributed by atoms with E-state index in [1.54, 1.807) is 56.3 Å². The summed E-state index contributed by atoms with van der Waals surface area (Å²) in [6, 6.07) is 11.9. The Morgan fingerprint density at radius 2 is 1.90 bits per heavy atom. The molecule has 0 radical (unpaired) electrons. The molecule has 1 atom stereocenters. The molecular weight excluding hydrogens is 463 g/mol. The van der Waals surface area contributed by atoms with Crippen LogP contribution in [-0.2, 0) is 20.3 Å². The van der Waals surface area contributed by atoms with Gasteiger partial charge in [0, 0.05) is 27.4 Å². The van der Waals surface area contributed by atoms with Crippen LogP contribution >= 0.6 is 23.2 Å². The number of halogens is 2. The fourth-order valence-corrected chi connectivity index (χ4v) is 4.40. The molecule has 10 heteroatoms. The lowest BCUT2D eigenvalue weighted by atomic mass is 10.1. The van der Waals surface area contributed by atoms with Crippen molar-refractivity contribution in [3.63, 3.8) is 0 Å². The lowest BCUT2D eigenvalue weighted by molar-refractivity contribution is 0.121. The van der Waals surface area contributed by atoms with Crippen molar-refractivity contribution in [2.45, 2.75) is 25.7 Å². The smallest absolute Gasteiger partial charge is 0.412 e. The minimum absolute atomic E-state index is 0.182. The van der Waals surface area contributed by atoms with Gasteiger partial charge in [0.25, 0.3) is 0 Å². The van der Waals surface area contributed by atoms with Crippen molar-refractivity contribution < 1.29 is 22.5 Å². The molecule has 2 aromatic carbocycles. The normalized spacial score (nSPS) is 12.4. The number of aromatic nitrogens is 1. The van der Waals surface area contributed by atoms with Crippen LogP contribution in [0.3, 0.4) is 0 Å². The highest BCUT2D eigenvalue weighted by Crippen LogP contribution is 2.34. The van der Waals surface area contributed by atoms with Crippen molar-refractivity contribution in [1.29, 1.82) is 0 Å². The Morgan fingerprint density at radius 3 is 2.55 bits per heavy atom. The molecular formula is C21H20Cl2N2O5S. The van der Waals surface area contributed by atoms with Crippen LogP contribution < -0.4 is 5.32 Å². The zero-order valence-corrected chi connectivity index (χ0v) is 19.3. The molecule has 1 N–H and O–H groups in total. The van der Waals surface area contributed by atoms with Gasteiger partial charge in [0.15, 0.2) is 15.6 Å². The highest BCUT2D eigenvalue weighted by Gasteiger charge is 2.21. The van der Waals surface area contributed by atoms with E-state index in [0.29, 0.717) is 33.1 Å². The fraction of sp³-hybridized carbons (Fsp3) is 0.238. The monoisotopic (exact) mass is 482 g/mol. The molecule has 0 spiro atoms. The Labute approximate surface area is 190 Å². The number of nitrogens with zero attached hydrogens (tertiary/aromatic N) is 1. The minimum Gasteiger partial charge on any atom is -0.441 e. The van der Waals surface area contributed by atoms with E-state index in [9.17, 15) is 13.2 Å². The molecule has 1 aromatic heterocycles. The van der Waals surface area contributed by atoms with E-state index < -0.39 is 22.0 Å². The molecule has 0 saturated heterocycles. The number of benzene rings is 2. The highest BCUT2D eigenvalue weighted by atomic mass is 35.5. The third-order valence-electron chi connectivity index (χ3n) is 4.45. The van der Waals surface area contributed by atoms with Gasteiger partial charge >= 0.3 is 6.09 Å². The van der Waals surface area contributed by atoms with Crippen molar-refractivity contribution in [2.75, 3.05) is 11.6 Å². The molecule has 0 aliphatic heterocycles. The fourth-order valence-electron chi connectivity index (χ4n) is 2.96. The number of carbonyl (C=O) groups excluding carboxylic acids is 1. The number of carbonyl (C=O) groups is 1. The summed E-state index contributed by atoms with van der Waals surface area (Å²) in [5.41, 5.74) is 2.43. The molecule has 164 valence electrons. The Hall–Kier alpha value is -2.55. The predicted octanol–water partition coefficient (Wildman–Crippen LogP) is 5.81. The number of ether oxygens (including phenoxy) is 1. The first-order chi connectivity index (χ1) is 14.5. The number of anilines is 1. The molecule has 0 fully saturated rings. The third kappa shape index (κ3) is 5.78. The first-order valence-corrected chi connectivity index (χ1v) is 12.0. The van der Waals surface area contributed by atoms with Gasteiger partial charge in [-0.25, -0.2) is 13.2 Å². The lowest BCUT2D eigenvalue weighted by Crippen LogP contribution is -2.17. The molecule has 0 saturated carbocycles. The second-order valence-corrected chi connectivity index (χ2v) is 10.00. The van der Waals surface area contributed by atoms with Crippen molar-refractivity contribution in [3.05, 3.63) is 69.3 Å². The number of nitrogens with one attached hydrogen (secondary N) is 1. The van der Waals surface area contributed by atoms with Gasteiger partial charge in [-0.05, 0) is 31.5 Å². The molecule has 1 amide bonds. The Balaban J connectivity index is 1.80. The summed E-state index contributed by atoms with van der Waals surface area (Å²) in [6.45, 7) is 3.38. The maximum Gasteiger partial charge on any atom is 0.412 e. The summed E-state index contributed by atoms with van der Waals surface area (Å²) in [7, 11) is -3.24. The summed E-state index contributed by atoms with van der Waals surface area (Å²) < 4.78 is 33.9. The highest BCUT2D eigenvalue weighted by molar-refractivity contribution is 7.89. The van der Waals surface area contributed by atoms with Gasteiger partial charge < -0.3 is 9.26 Å². The zero-order chi connectivity index (χ0) is 22.8. The molecule has 0 aliphatic rings. The molecule has 31 heavy (non-hydrogen) atoms. The molecule has 0 bridgehead atoms. The van der Waals surface area contributed by atoms with Crippen LogP contribution in [0.2, 0.25) is 10.0 Å². The molecule has 3 aromatic rings. The summed E-state index contributed by atoms with van der Waals surface area (Å²) in [5.74, 6) is 0.0893. The van der Waals surface area contributed by atoms with Crippen molar-refractivity contribution in [3.8, 4) is 11.3 Å². The van der Waals surface area contributed by atoms with Gasteiger partial charge in [-0.3, -0.25) is 5.32 Å². The van der Waals surface area contributed by atoms with Crippen LogP contribution in [0.25, 0.3) is 11.3 Å². The topological polar surface area (TPSA) is 98.5 Å². The van der Waals surface area contributed by atoms with E-state index in [0.717, 1.165) is 6.26 Å². The summed E-state index contributed by atoms with van der Waals surface area (Å²) in [6.07, 6.45) is -0.157. The Bertz CT molecular complexity index is 1220. The second kappa shape index (κ2) is 9.30. The summed E-state index contributed by atoms with van der Waals surface area (Å²) >= 11 is 12.4. The number of hydrogen-bond donors (Lipinski definition) is 1. The number of aryl methyl sites for hydroxylation is 1. The SMILES string of the molecule is Cc1noc(-c2ccc(CS(C)(=O)=O)c(Cl)c2)c1NC(=O)OC(C)c1ccccc1Cl. The molecule has 1 unspecified atom stereocenters. The average molecular weight is 483 g/mol. The molecule has 1 heterocycles. The van der Waals surface area contributed by atoms with E-state index in [1.807, 2.05) is 0 Å². The zero-order valence-electron chi connectivity index (χ0n) is 17.0. The van der Waals surface area contributed by atoms with Crippen molar-refractivity contribution in [1.82, 2.24) is 5.16 Å². The van der Waals surface area contributed by atoms with Crippen LogP contribution in [0.15, 0.2) is 47.0 Å². The van der Waals surface area contributed by atoms with E-state index in [4.69, 9.17) is 32.5 Å². The standard InChI is InChI=1S/C21H20Cl2N2O5S/c1-12-19(24-21(26)29-13(2)16-6-4-5-7-17(16)22)20(30-25-12)14-8-9-15(18(23)10-14)11-31(3,27)28/h4-10,13H,11H2,1-3H3,(H,24,26). The lowest BCUT2D eigenvalue weighted by Gasteiger charge is -2.15. The molecule has 3 rings (SSSR count). The van der Waals surface area contributed by atoms with Crippen LogP contribution in [0.5, 0.6) is 0 Å². The van der Waals surface area contributed by atoms with E-state index in [2.05, 4.69) is 10.5 Å². The van der Waals surface area contributed by atoms with Crippen LogP contribution in [0, 0.1) is 6.92 Å². The number of sulfone groups is 1. The maximum absolute atomic E-state index is 12.5. The largest absolute Gasteiger partial charge is 0.441 e. The summed E-state index contributed by atoms with van der Waals surface area (Å²) in [4.78, 5) is 12.5. The van der Waals surface area contributed by atoms with E-state index in [-0.39, 0.29) is 16.5 Å². The van der Waals surface area contributed by atoms with Gasteiger partial charge in [-0.15, -0.1) is 0 Å². The second-order valence-electron chi connectivity index (χ2n) is 7.04. The van der Waals surface area contributed by atoms with E-state index >= 15 is 0 Å². The van der Waals surface area contributed by atoms with Crippen LogP contribution in [0.1, 0.15) is 29.8 Å².